The maximum absolute atomic E-state index is 12.9. The third-order valence-corrected chi connectivity index (χ3v) is 4.26. The number of hydrogen-bond donors (Lipinski definition) is 1. The zero-order chi connectivity index (χ0) is 17.6. The van der Waals surface area contributed by atoms with Crippen LogP contribution in [0.1, 0.15) is 22.8 Å². The number of rotatable bonds is 6. The van der Waals surface area contributed by atoms with Gasteiger partial charge in [0, 0.05) is 19.7 Å². The molecule has 1 fully saturated rings. The van der Waals surface area contributed by atoms with Crippen LogP contribution in [0, 0.1) is 0 Å². The maximum atomic E-state index is 12.9. The van der Waals surface area contributed by atoms with Gasteiger partial charge in [-0.05, 0) is 24.6 Å². The molecule has 1 saturated heterocycles. The van der Waals surface area contributed by atoms with E-state index in [0.717, 1.165) is 5.56 Å². The second-order valence-corrected chi connectivity index (χ2v) is 6.04. The molecule has 0 saturated carbocycles. The zero-order valence-corrected chi connectivity index (χ0v) is 14.3. The van der Waals surface area contributed by atoms with Gasteiger partial charge in [0.1, 0.15) is 18.5 Å². The summed E-state index contributed by atoms with van der Waals surface area (Å²) in [7, 11) is 0. The number of benzene rings is 2. The van der Waals surface area contributed by atoms with E-state index >= 15 is 0 Å². The predicted molar refractivity (Wildman–Crippen MR) is 94.5 cm³/mol. The van der Waals surface area contributed by atoms with Gasteiger partial charge in [0.15, 0.2) is 0 Å². The molecule has 1 heterocycles. The fourth-order valence-electron chi connectivity index (χ4n) is 2.98. The van der Waals surface area contributed by atoms with Gasteiger partial charge in [-0.2, -0.15) is 0 Å². The van der Waals surface area contributed by atoms with E-state index in [1.807, 2.05) is 49.4 Å². The highest BCUT2D eigenvalue weighted by Crippen LogP contribution is 2.24. The van der Waals surface area contributed by atoms with E-state index in [0.29, 0.717) is 31.1 Å². The van der Waals surface area contributed by atoms with Crippen molar-refractivity contribution in [3.8, 4) is 5.75 Å². The molecule has 3 rings (SSSR count). The van der Waals surface area contributed by atoms with Gasteiger partial charge >= 0.3 is 0 Å². The number of ether oxygens (including phenoxy) is 2. The minimum absolute atomic E-state index is 0.148. The second-order valence-electron chi connectivity index (χ2n) is 6.04. The molecule has 0 bridgehead atoms. The van der Waals surface area contributed by atoms with Crippen molar-refractivity contribution in [2.45, 2.75) is 25.7 Å². The Morgan fingerprint density at radius 3 is 2.60 bits per heavy atom. The van der Waals surface area contributed by atoms with E-state index in [2.05, 4.69) is 0 Å². The Labute approximate surface area is 147 Å². The molecule has 0 aliphatic carbocycles. The minimum atomic E-state index is -0.652. The zero-order valence-electron chi connectivity index (χ0n) is 14.3. The Bertz CT molecular complexity index is 704. The van der Waals surface area contributed by atoms with Gasteiger partial charge in [-0.1, -0.05) is 42.5 Å². The van der Waals surface area contributed by atoms with Crippen molar-refractivity contribution in [1.82, 2.24) is 4.90 Å². The van der Waals surface area contributed by atoms with Gasteiger partial charge in [0.25, 0.3) is 5.91 Å². The number of amides is 1. The van der Waals surface area contributed by atoms with E-state index in [1.165, 1.54) is 0 Å². The van der Waals surface area contributed by atoms with Gasteiger partial charge in [-0.15, -0.1) is 0 Å². The summed E-state index contributed by atoms with van der Waals surface area (Å²) < 4.78 is 11.4. The SMILES string of the molecule is CCO[C@H]1CN(C(=O)c2ccccc2OCc2ccccc2)C[C@@H]1O. The Morgan fingerprint density at radius 1 is 1.12 bits per heavy atom. The lowest BCUT2D eigenvalue weighted by Crippen LogP contribution is -2.30. The summed E-state index contributed by atoms with van der Waals surface area (Å²) >= 11 is 0. The van der Waals surface area contributed by atoms with Crippen molar-refractivity contribution in [2.24, 2.45) is 0 Å². The lowest BCUT2D eigenvalue weighted by molar-refractivity contribution is -0.00237. The van der Waals surface area contributed by atoms with Crippen LogP contribution in [0.25, 0.3) is 0 Å². The summed E-state index contributed by atoms with van der Waals surface area (Å²) in [6, 6.07) is 17.0. The van der Waals surface area contributed by atoms with Crippen molar-refractivity contribution in [3.05, 3.63) is 65.7 Å². The van der Waals surface area contributed by atoms with Crippen molar-refractivity contribution in [2.75, 3.05) is 19.7 Å². The van der Waals surface area contributed by atoms with Crippen molar-refractivity contribution >= 4 is 5.91 Å². The van der Waals surface area contributed by atoms with E-state index in [9.17, 15) is 9.90 Å². The summed E-state index contributed by atoms with van der Waals surface area (Å²) in [5.74, 6) is 0.399. The number of carbonyl (C=O) groups excluding carboxylic acids is 1. The van der Waals surface area contributed by atoms with Crippen molar-refractivity contribution in [1.29, 1.82) is 0 Å². The molecule has 0 aromatic heterocycles. The predicted octanol–water partition coefficient (Wildman–Crippen LogP) is 2.49. The first-order valence-electron chi connectivity index (χ1n) is 8.53. The Hall–Kier alpha value is -2.37. The molecule has 0 spiro atoms. The molecular weight excluding hydrogens is 318 g/mol. The molecule has 1 N–H and O–H groups in total. The third-order valence-electron chi connectivity index (χ3n) is 4.26. The standard InChI is InChI=1S/C20H23NO4/c1-2-24-19-13-21(12-17(19)22)20(23)16-10-6-7-11-18(16)25-14-15-8-4-3-5-9-15/h3-11,17,19,22H,2,12-14H2,1H3/t17-,19-/m0/s1. The van der Waals surface area contributed by atoms with E-state index in [-0.39, 0.29) is 18.6 Å². The number of aliphatic hydroxyl groups is 1. The monoisotopic (exact) mass is 341 g/mol. The molecule has 5 nitrogen and oxygen atoms in total. The average molecular weight is 341 g/mol. The first-order valence-corrected chi connectivity index (χ1v) is 8.53. The molecule has 0 radical (unpaired) electrons. The first-order chi connectivity index (χ1) is 12.2. The van der Waals surface area contributed by atoms with Crippen molar-refractivity contribution in [3.63, 3.8) is 0 Å². The summed E-state index contributed by atoms with van der Waals surface area (Å²) in [5.41, 5.74) is 1.54. The smallest absolute Gasteiger partial charge is 0.257 e. The van der Waals surface area contributed by atoms with E-state index < -0.39 is 6.10 Å². The first kappa shape index (κ1) is 17.5. The topological polar surface area (TPSA) is 59.0 Å². The Kier molecular flexibility index (Phi) is 5.68. The number of para-hydroxylation sites is 1. The molecule has 1 aliphatic heterocycles. The number of β-amino-alcohol motifs (C(OH)–C–C–N with tert-alkyl or cyclic N) is 1. The molecule has 1 amide bonds. The van der Waals surface area contributed by atoms with Gasteiger partial charge in [-0.3, -0.25) is 4.79 Å². The van der Waals surface area contributed by atoms with Crippen LogP contribution in [0.2, 0.25) is 0 Å². The van der Waals surface area contributed by atoms with Crippen LogP contribution >= 0.6 is 0 Å². The van der Waals surface area contributed by atoms with Crippen LogP contribution in [0.4, 0.5) is 0 Å². The van der Waals surface area contributed by atoms with E-state index in [4.69, 9.17) is 9.47 Å². The highest BCUT2D eigenvalue weighted by Gasteiger charge is 2.35. The van der Waals surface area contributed by atoms with Gasteiger partial charge in [-0.25, -0.2) is 0 Å². The number of carbonyl (C=O) groups is 1. The summed E-state index contributed by atoms with van der Waals surface area (Å²) in [6.45, 7) is 3.46. The fourth-order valence-corrected chi connectivity index (χ4v) is 2.98. The summed E-state index contributed by atoms with van der Waals surface area (Å²) in [4.78, 5) is 14.5. The third kappa shape index (κ3) is 4.18. The van der Waals surface area contributed by atoms with Crippen LogP contribution in [-0.2, 0) is 11.3 Å². The van der Waals surface area contributed by atoms with E-state index in [1.54, 1.807) is 17.0 Å². The van der Waals surface area contributed by atoms with Crippen LogP contribution in [0.5, 0.6) is 5.75 Å². The quantitative estimate of drug-likeness (QED) is 0.877. The van der Waals surface area contributed by atoms with Gasteiger partial charge < -0.3 is 19.5 Å². The molecule has 2 aromatic rings. The molecule has 2 atom stereocenters. The molecule has 2 aromatic carbocycles. The highest BCUT2D eigenvalue weighted by atomic mass is 16.5. The van der Waals surface area contributed by atoms with Crippen LogP contribution in [0.15, 0.2) is 54.6 Å². The largest absolute Gasteiger partial charge is 0.488 e. The summed E-state index contributed by atoms with van der Waals surface area (Å²) in [5, 5.41) is 10.1. The van der Waals surface area contributed by atoms with Gasteiger partial charge in [0.05, 0.1) is 11.7 Å². The van der Waals surface area contributed by atoms with Crippen LogP contribution in [-0.4, -0.2) is 47.8 Å². The summed E-state index contributed by atoms with van der Waals surface area (Å²) in [6.07, 6.45) is -0.979. The lowest BCUT2D eigenvalue weighted by atomic mass is 10.1. The molecular formula is C20H23NO4. The Morgan fingerprint density at radius 2 is 1.84 bits per heavy atom. The molecule has 5 heteroatoms. The lowest BCUT2D eigenvalue weighted by Gasteiger charge is -2.18. The fraction of sp³-hybridized carbons (Fsp3) is 0.350. The second kappa shape index (κ2) is 8.14. The van der Waals surface area contributed by atoms with Crippen LogP contribution < -0.4 is 4.74 Å². The van der Waals surface area contributed by atoms with Gasteiger partial charge in [0.2, 0.25) is 0 Å². The average Bonchev–Trinajstić information content (AvgIpc) is 3.01. The highest BCUT2D eigenvalue weighted by molar-refractivity contribution is 5.97. The Balaban J connectivity index is 1.71. The normalized spacial score (nSPS) is 19.8. The number of hydrogen-bond acceptors (Lipinski definition) is 4. The van der Waals surface area contributed by atoms with Crippen molar-refractivity contribution < 1.29 is 19.4 Å². The number of likely N-dealkylation sites (tertiary alicyclic amines) is 1. The maximum Gasteiger partial charge on any atom is 0.257 e. The molecule has 0 unspecified atom stereocenters. The molecule has 132 valence electrons. The molecule has 25 heavy (non-hydrogen) atoms. The van der Waals surface area contributed by atoms with Crippen LogP contribution in [0.3, 0.4) is 0 Å². The molecule has 1 aliphatic rings. The number of aliphatic hydroxyl groups excluding tert-OH is 1. The number of nitrogens with zero attached hydrogens (tertiary/aromatic N) is 1. The minimum Gasteiger partial charge on any atom is -0.488 e.